The number of carbonyl (C=O) groups excluding carboxylic acids is 1. The average molecular weight is 222 g/mol. The van der Waals surface area contributed by atoms with Gasteiger partial charge in [-0.15, -0.1) is 0 Å². The van der Waals surface area contributed by atoms with Gasteiger partial charge in [-0.25, -0.2) is 4.98 Å². The van der Waals surface area contributed by atoms with Crippen LogP contribution in [0, 0.1) is 0 Å². The van der Waals surface area contributed by atoms with Gasteiger partial charge in [-0.3, -0.25) is 4.79 Å². The van der Waals surface area contributed by atoms with Crippen molar-refractivity contribution >= 4 is 5.97 Å². The minimum Gasteiger partial charge on any atom is -0.469 e. The molecule has 4 heteroatoms. The summed E-state index contributed by atoms with van der Waals surface area (Å²) in [6, 6.07) is 0. The van der Waals surface area contributed by atoms with Crippen LogP contribution in [0.4, 0.5) is 0 Å². The van der Waals surface area contributed by atoms with E-state index in [-0.39, 0.29) is 11.9 Å². The molecule has 16 heavy (non-hydrogen) atoms. The maximum atomic E-state index is 11.6. The summed E-state index contributed by atoms with van der Waals surface area (Å²) in [5, 5.41) is 0. The Kier molecular flexibility index (Phi) is 3.27. The highest BCUT2D eigenvalue weighted by Crippen LogP contribution is 2.29. The van der Waals surface area contributed by atoms with Gasteiger partial charge in [0.25, 0.3) is 0 Å². The molecule has 1 aliphatic rings. The molecule has 0 spiro atoms. The molecule has 0 aliphatic carbocycles. The average Bonchev–Trinajstić information content (AvgIpc) is 2.72. The van der Waals surface area contributed by atoms with Crippen molar-refractivity contribution in [3.8, 4) is 0 Å². The van der Waals surface area contributed by atoms with Crippen molar-refractivity contribution < 1.29 is 9.53 Å². The van der Waals surface area contributed by atoms with Gasteiger partial charge >= 0.3 is 5.97 Å². The number of esters is 1. The lowest BCUT2D eigenvalue weighted by Gasteiger charge is -2.23. The monoisotopic (exact) mass is 222 g/mol. The maximum Gasteiger partial charge on any atom is 0.314 e. The molecule has 0 N–H and O–H groups in total. The van der Waals surface area contributed by atoms with Crippen molar-refractivity contribution in [3.05, 3.63) is 17.7 Å². The number of imidazole rings is 1. The largest absolute Gasteiger partial charge is 0.469 e. The number of hydrogen-bond acceptors (Lipinski definition) is 3. The van der Waals surface area contributed by atoms with Crippen LogP contribution < -0.4 is 0 Å². The quantitative estimate of drug-likeness (QED) is 0.733. The summed E-state index contributed by atoms with van der Waals surface area (Å²) in [6.45, 7) is 3.13. The molecule has 0 saturated heterocycles. The third-order valence-electron chi connectivity index (χ3n) is 3.16. The normalized spacial score (nSPS) is 19.2. The predicted molar refractivity (Wildman–Crippen MR) is 60.2 cm³/mol. The van der Waals surface area contributed by atoms with Crippen LogP contribution in [-0.2, 0) is 22.5 Å². The maximum absolute atomic E-state index is 11.6. The van der Waals surface area contributed by atoms with E-state index in [9.17, 15) is 4.79 Å². The zero-order valence-electron chi connectivity index (χ0n) is 9.90. The van der Waals surface area contributed by atoms with E-state index in [1.165, 1.54) is 7.11 Å². The molecule has 0 amide bonds. The molecule has 2 heterocycles. The van der Waals surface area contributed by atoms with Crippen LogP contribution in [-0.4, -0.2) is 22.6 Å². The Morgan fingerprint density at radius 1 is 1.69 bits per heavy atom. The number of rotatable bonds is 3. The van der Waals surface area contributed by atoms with Crippen molar-refractivity contribution in [1.82, 2.24) is 9.55 Å². The van der Waals surface area contributed by atoms with Gasteiger partial charge in [0.15, 0.2) is 0 Å². The van der Waals surface area contributed by atoms with Crippen LogP contribution in [0.2, 0.25) is 0 Å². The summed E-state index contributed by atoms with van der Waals surface area (Å²) in [7, 11) is 1.45. The van der Waals surface area contributed by atoms with Gasteiger partial charge < -0.3 is 9.30 Å². The summed E-state index contributed by atoms with van der Waals surface area (Å²) < 4.78 is 7.02. The molecule has 2 rings (SSSR count). The van der Waals surface area contributed by atoms with Crippen LogP contribution in [0.25, 0.3) is 0 Å². The summed E-state index contributed by atoms with van der Waals surface area (Å²) in [5.74, 6) is 0.854. The minimum absolute atomic E-state index is 0.114. The van der Waals surface area contributed by atoms with E-state index in [1.54, 1.807) is 0 Å². The first-order chi connectivity index (χ1) is 7.77. The van der Waals surface area contributed by atoms with Crippen LogP contribution in [0.5, 0.6) is 0 Å². The summed E-state index contributed by atoms with van der Waals surface area (Å²) in [6.07, 6.45) is 5.81. The van der Waals surface area contributed by atoms with E-state index in [0.29, 0.717) is 0 Å². The fourth-order valence-electron chi connectivity index (χ4n) is 2.37. The molecule has 0 fully saturated rings. The molecule has 0 radical (unpaired) electrons. The Morgan fingerprint density at radius 2 is 2.50 bits per heavy atom. The van der Waals surface area contributed by atoms with Crippen molar-refractivity contribution in [3.63, 3.8) is 0 Å². The minimum atomic E-state index is -0.135. The number of methoxy groups -OCH3 is 1. The van der Waals surface area contributed by atoms with Crippen molar-refractivity contribution in [2.75, 3.05) is 7.11 Å². The van der Waals surface area contributed by atoms with Gasteiger partial charge in [-0.1, -0.05) is 6.92 Å². The van der Waals surface area contributed by atoms with Crippen LogP contribution in [0.1, 0.15) is 43.6 Å². The second-order valence-electron chi connectivity index (χ2n) is 4.22. The molecule has 1 atom stereocenters. The molecule has 1 aromatic heterocycles. The van der Waals surface area contributed by atoms with Gasteiger partial charge in [-0.2, -0.15) is 0 Å². The molecule has 0 bridgehead atoms. The topological polar surface area (TPSA) is 44.1 Å². The lowest BCUT2D eigenvalue weighted by molar-refractivity contribution is -0.143. The van der Waals surface area contributed by atoms with E-state index >= 15 is 0 Å². The number of hydrogen-bond donors (Lipinski definition) is 0. The Labute approximate surface area is 95.6 Å². The Bertz CT molecular complexity index is 384. The lowest BCUT2D eigenvalue weighted by atomic mass is 9.96. The smallest absolute Gasteiger partial charge is 0.314 e. The zero-order chi connectivity index (χ0) is 11.5. The fourth-order valence-corrected chi connectivity index (χ4v) is 2.37. The van der Waals surface area contributed by atoms with E-state index in [4.69, 9.17) is 4.74 Å². The molecule has 1 aromatic rings. The van der Waals surface area contributed by atoms with Crippen molar-refractivity contribution in [1.29, 1.82) is 0 Å². The van der Waals surface area contributed by atoms with Crippen LogP contribution >= 0.6 is 0 Å². The highest BCUT2D eigenvalue weighted by molar-refractivity contribution is 5.77. The number of ether oxygens (including phenoxy) is 1. The Hall–Kier alpha value is -1.32. The molecule has 1 aliphatic heterocycles. The van der Waals surface area contributed by atoms with Gasteiger partial charge in [0.05, 0.1) is 18.7 Å². The fraction of sp³-hybridized carbons (Fsp3) is 0.667. The van der Waals surface area contributed by atoms with Crippen LogP contribution in [0.3, 0.4) is 0 Å². The summed E-state index contributed by atoms with van der Waals surface area (Å²) >= 11 is 0. The van der Waals surface area contributed by atoms with Crippen LogP contribution in [0.15, 0.2) is 6.20 Å². The van der Waals surface area contributed by atoms with E-state index in [2.05, 4.69) is 16.5 Å². The van der Waals surface area contributed by atoms with Crippen molar-refractivity contribution in [2.24, 2.45) is 0 Å². The molecular weight excluding hydrogens is 204 g/mol. The number of fused-ring (bicyclic) bond motifs is 1. The first kappa shape index (κ1) is 11.2. The molecular formula is C12H18N2O2. The SMILES string of the molecule is CCCc1ncc2n1CCCC2C(=O)OC. The second-order valence-corrected chi connectivity index (χ2v) is 4.22. The van der Waals surface area contributed by atoms with Gasteiger partial charge in [0.2, 0.25) is 0 Å². The van der Waals surface area contributed by atoms with E-state index < -0.39 is 0 Å². The highest BCUT2D eigenvalue weighted by Gasteiger charge is 2.29. The molecule has 4 nitrogen and oxygen atoms in total. The molecule has 1 unspecified atom stereocenters. The summed E-state index contributed by atoms with van der Waals surface area (Å²) in [4.78, 5) is 16.0. The third-order valence-corrected chi connectivity index (χ3v) is 3.16. The van der Waals surface area contributed by atoms with E-state index in [1.807, 2.05) is 6.20 Å². The molecule has 88 valence electrons. The standard InChI is InChI=1S/C12H18N2O2/c1-3-5-11-13-8-10-9(12(15)16-2)6-4-7-14(10)11/h8-9H,3-7H2,1-2H3. The van der Waals surface area contributed by atoms with Gasteiger partial charge in [0, 0.05) is 19.2 Å². The highest BCUT2D eigenvalue weighted by atomic mass is 16.5. The predicted octanol–water partition coefficient (Wildman–Crippen LogP) is 1.89. The summed E-state index contributed by atoms with van der Waals surface area (Å²) in [5.41, 5.74) is 1.03. The number of nitrogens with zero attached hydrogens (tertiary/aromatic N) is 2. The number of aryl methyl sites for hydroxylation is 1. The first-order valence-electron chi connectivity index (χ1n) is 5.90. The first-order valence-corrected chi connectivity index (χ1v) is 5.90. The molecule has 0 saturated carbocycles. The third kappa shape index (κ3) is 1.84. The van der Waals surface area contributed by atoms with Gasteiger partial charge in [0.1, 0.15) is 5.82 Å². The van der Waals surface area contributed by atoms with Crippen molar-refractivity contribution in [2.45, 2.75) is 45.1 Å². The zero-order valence-corrected chi connectivity index (χ0v) is 9.90. The molecule has 0 aromatic carbocycles. The van der Waals surface area contributed by atoms with E-state index in [0.717, 1.165) is 43.7 Å². The Morgan fingerprint density at radius 3 is 3.19 bits per heavy atom. The number of carbonyl (C=O) groups is 1. The Balaban J connectivity index is 2.29. The second kappa shape index (κ2) is 4.68. The lowest BCUT2D eigenvalue weighted by Crippen LogP contribution is -2.23. The number of aromatic nitrogens is 2. The van der Waals surface area contributed by atoms with Gasteiger partial charge in [-0.05, 0) is 19.3 Å².